The van der Waals surface area contributed by atoms with Gasteiger partial charge in [-0.2, -0.15) is 0 Å². The van der Waals surface area contributed by atoms with Crippen LogP contribution in [0.25, 0.3) is 0 Å². The summed E-state index contributed by atoms with van der Waals surface area (Å²) in [6.45, 7) is 3.19. The molecule has 0 aliphatic rings. The zero-order chi connectivity index (χ0) is 13.0. The molecule has 1 atom stereocenters. The number of nitrogens with two attached hydrogens (primary N) is 1. The molecule has 1 aromatic heterocycles. The summed E-state index contributed by atoms with van der Waals surface area (Å²) in [5.41, 5.74) is 7.78. The minimum atomic E-state index is -0.216. The minimum absolute atomic E-state index is 0.0113. The second-order valence-corrected chi connectivity index (χ2v) is 5.28. The third-order valence-corrected chi connectivity index (χ3v) is 3.83. The van der Waals surface area contributed by atoms with Crippen molar-refractivity contribution in [1.29, 1.82) is 0 Å². The maximum absolute atomic E-state index is 13.3. The first kappa shape index (κ1) is 13.2. The quantitative estimate of drug-likeness (QED) is 0.871. The third kappa shape index (κ3) is 3.16. The Morgan fingerprint density at radius 1 is 1.39 bits per heavy atom. The van der Waals surface area contributed by atoms with Crippen LogP contribution < -0.4 is 11.1 Å². The number of aryl methyl sites for hydroxylation is 1. The van der Waals surface area contributed by atoms with E-state index < -0.39 is 0 Å². The maximum atomic E-state index is 13.3. The fourth-order valence-electron chi connectivity index (χ4n) is 1.94. The van der Waals surface area contributed by atoms with Crippen molar-refractivity contribution in [3.8, 4) is 0 Å². The van der Waals surface area contributed by atoms with E-state index in [-0.39, 0.29) is 11.9 Å². The molecule has 1 aromatic carbocycles. The summed E-state index contributed by atoms with van der Waals surface area (Å²) in [4.78, 5) is 1.25. The number of halogens is 1. The largest absolute Gasteiger partial charge is 0.329 e. The molecule has 2 rings (SSSR count). The van der Waals surface area contributed by atoms with Gasteiger partial charge in [-0.25, -0.2) is 4.39 Å². The van der Waals surface area contributed by atoms with Crippen LogP contribution in [-0.4, -0.2) is 6.54 Å². The van der Waals surface area contributed by atoms with Crippen LogP contribution in [0.1, 0.15) is 22.0 Å². The average Bonchev–Trinajstić information content (AvgIpc) is 2.87. The molecule has 18 heavy (non-hydrogen) atoms. The Labute approximate surface area is 111 Å². The molecule has 2 nitrogen and oxygen atoms in total. The van der Waals surface area contributed by atoms with Crippen molar-refractivity contribution in [2.75, 3.05) is 6.54 Å². The average molecular weight is 264 g/mol. The van der Waals surface area contributed by atoms with Gasteiger partial charge >= 0.3 is 0 Å². The molecular weight excluding hydrogens is 247 g/mol. The van der Waals surface area contributed by atoms with Gasteiger partial charge in [0.25, 0.3) is 0 Å². The molecule has 4 heteroatoms. The predicted molar refractivity (Wildman–Crippen MR) is 74.1 cm³/mol. The standard InChI is InChI=1S/C14H17FN2S/c1-10-4-5-11(15)7-13(10)14(8-16)17-9-12-3-2-6-18-12/h2-7,14,17H,8-9,16H2,1H3. The molecule has 0 amide bonds. The van der Waals surface area contributed by atoms with Gasteiger partial charge in [0, 0.05) is 24.0 Å². The first-order valence-corrected chi connectivity index (χ1v) is 6.80. The molecule has 2 aromatic rings. The molecular formula is C14H17FN2S. The van der Waals surface area contributed by atoms with Crippen molar-refractivity contribution in [3.63, 3.8) is 0 Å². The van der Waals surface area contributed by atoms with Gasteiger partial charge in [0.2, 0.25) is 0 Å². The number of hydrogen-bond acceptors (Lipinski definition) is 3. The van der Waals surface area contributed by atoms with Crippen molar-refractivity contribution in [2.24, 2.45) is 5.73 Å². The van der Waals surface area contributed by atoms with Crippen LogP contribution in [0.3, 0.4) is 0 Å². The Morgan fingerprint density at radius 2 is 2.22 bits per heavy atom. The van der Waals surface area contributed by atoms with E-state index >= 15 is 0 Å². The van der Waals surface area contributed by atoms with Crippen molar-refractivity contribution in [3.05, 3.63) is 57.5 Å². The molecule has 1 unspecified atom stereocenters. The second kappa shape index (κ2) is 6.09. The van der Waals surface area contributed by atoms with Crippen molar-refractivity contribution < 1.29 is 4.39 Å². The number of rotatable bonds is 5. The Bertz CT molecular complexity index is 497. The molecule has 0 saturated heterocycles. The lowest BCUT2D eigenvalue weighted by Gasteiger charge is -2.19. The van der Waals surface area contributed by atoms with Crippen molar-refractivity contribution in [1.82, 2.24) is 5.32 Å². The van der Waals surface area contributed by atoms with Crippen molar-refractivity contribution in [2.45, 2.75) is 19.5 Å². The number of benzene rings is 1. The lowest BCUT2D eigenvalue weighted by molar-refractivity contribution is 0.536. The van der Waals surface area contributed by atoms with Gasteiger partial charge in [-0.3, -0.25) is 0 Å². The number of thiophene rings is 1. The van der Waals surface area contributed by atoms with Crippen LogP contribution in [0.2, 0.25) is 0 Å². The van der Waals surface area contributed by atoms with E-state index in [0.717, 1.165) is 17.7 Å². The van der Waals surface area contributed by atoms with E-state index in [9.17, 15) is 4.39 Å². The zero-order valence-corrected chi connectivity index (χ0v) is 11.1. The summed E-state index contributed by atoms with van der Waals surface area (Å²) in [7, 11) is 0. The molecule has 0 saturated carbocycles. The molecule has 0 spiro atoms. The zero-order valence-electron chi connectivity index (χ0n) is 10.3. The normalized spacial score (nSPS) is 12.6. The van der Waals surface area contributed by atoms with E-state index in [0.29, 0.717) is 6.54 Å². The Morgan fingerprint density at radius 3 is 2.89 bits per heavy atom. The van der Waals surface area contributed by atoms with E-state index in [1.54, 1.807) is 23.5 Å². The summed E-state index contributed by atoms with van der Waals surface area (Å²) < 4.78 is 13.3. The Balaban J connectivity index is 2.10. The smallest absolute Gasteiger partial charge is 0.123 e. The first-order chi connectivity index (χ1) is 8.70. The summed E-state index contributed by atoms with van der Waals surface area (Å²) >= 11 is 1.70. The van der Waals surface area contributed by atoms with Gasteiger partial charge < -0.3 is 11.1 Å². The second-order valence-electron chi connectivity index (χ2n) is 4.25. The lowest BCUT2D eigenvalue weighted by atomic mass is 10.0. The maximum Gasteiger partial charge on any atom is 0.123 e. The van der Waals surface area contributed by atoms with Gasteiger partial charge in [0.15, 0.2) is 0 Å². The highest BCUT2D eigenvalue weighted by molar-refractivity contribution is 7.09. The van der Waals surface area contributed by atoms with Gasteiger partial charge in [-0.1, -0.05) is 12.1 Å². The van der Waals surface area contributed by atoms with E-state index in [1.807, 2.05) is 18.4 Å². The Hall–Kier alpha value is -1.23. The van der Waals surface area contributed by atoms with Crippen LogP contribution >= 0.6 is 11.3 Å². The molecule has 96 valence electrons. The minimum Gasteiger partial charge on any atom is -0.329 e. The monoisotopic (exact) mass is 264 g/mol. The summed E-state index contributed by atoms with van der Waals surface area (Å²) in [6, 6.07) is 8.92. The van der Waals surface area contributed by atoms with E-state index in [1.165, 1.54) is 10.9 Å². The van der Waals surface area contributed by atoms with E-state index in [4.69, 9.17) is 5.73 Å². The molecule has 0 bridgehead atoms. The third-order valence-electron chi connectivity index (χ3n) is 2.96. The topological polar surface area (TPSA) is 38.0 Å². The fourth-order valence-corrected chi connectivity index (χ4v) is 2.60. The highest BCUT2D eigenvalue weighted by atomic mass is 32.1. The van der Waals surface area contributed by atoms with Crippen LogP contribution in [-0.2, 0) is 6.54 Å². The molecule has 3 N–H and O–H groups in total. The summed E-state index contributed by atoms with van der Waals surface area (Å²) in [6.07, 6.45) is 0. The summed E-state index contributed by atoms with van der Waals surface area (Å²) in [5, 5.41) is 5.42. The van der Waals surface area contributed by atoms with Gasteiger partial charge in [0.05, 0.1) is 0 Å². The molecule has 1 heterocycles. The van der Waals surface area contributed by atoms with Crippen LogP contribution in [0.5, 0.6) is 0 Å². The van der Waals surface area contributed by atoms with Gasteiger partial charge in [0.1, 0.15) is 5.82 Å². The van der Waals surface area contributed by atoms with Gasteiger partial charge in [-0.05, 0) is 41.6 Å². The van der Waals surface area contributed by atoms with Crippen LogP contribution in [0.15, 0.2) is 35.7 Å². The van der Waals surface area contributed by atoms with Crippen molar-refractivity contribution >= 4 is 11.3 Å². The van der Waals surface area contributed by atoms with Gasteiger partial charge in [-0.15, -0.1) is 11.3 Å². The predicted octanol–water partition coefficient (Wildman–Crippen LogP) is 2.99. The molecule has 0 fully saturated rings. The lowest BCUT2D eigenvalue weighted by Crippen LogP contribution is -2.28. The molecule has 0 radical (unpaired) electrons. The van der Waals surface area contributed by atoms with Crippen LogP contribution in [0.4, 0.5) is 4.39 Å². The number of nitrogens with one attached hydrogen (secondary N) is 1. The molecule has 0 aliphatic carbocycles. The highest BCUT2D eigenvalue weighted by Gasteiger charge is 2.12. The number of hydrogen-bond donors (Lipinski definition) is 2. The van der Waals surface area contributed by atoms with E-state index in [2.05, 4.69) is 11.4 Å². The SMILES string of the molecule is Cc1ccc(F)cc1C(CN)NCc1cccs1. The fraction of sp³-hybridized carbons (Fsp3) is 0.286. The highest BCUT2D eigenvalue weighted by Crippen LogP contribution is 2.19. The first-order valence-electron chi connectivity index (χ1n) is 5.92. The van der Waals surface area contributed by atoms with Crippen LogP contribution in [0, 0.1) is 12.7 Å². The Kier molecular flexibility index (Phi) is 4.47. The summed E-state index contributed by atoms with van der Waals surface area (Å²) in [5.74, 6) is -0.216. The molecule has 0 aliphatic heterocycles.